The van der Waals surface area contributed by atoms with Gasteiger partial charge in [0, 0.05) is 19.1 Å². The summed E-state index contributed by atoms with van der Waals surface area (Å²) in [5.74, 6) is 1.95. The van der Waals surface area contributed by atoms with Crippen molar-refractivity contribution in [3.05, 3.63) is 30.1 Å². The molecule has 0 spiro atoms. The van der Waals surface area contributed by atoms with E-state index in [9.17, 15) is 9.90 Å². The van der Waals surface area contributed by atoms with Crippen LogP contribution in [0, 0.1) is 5.92 Å². The summed E-state index contributed by atoms with van der Waals surface area (Å²) in [6.07, 6.45) is 4.10. The van der Waals surface area contributed by atoms with Crippen LogP contribution in [-0.2, 0) is 16.1 Å². The first-order valence-corrected chi connectivity index (χ1v) is 9.71. The molecule has 5 rings (SSSR count). The zero-order valence-corrected chi connectivity index (χ0v) is 14.9. The van der Waals surface area contributed by atoms with Crippen molar-refractivity contribution in [3.63, 3.8) is 0 Å². The van der Waals surface area contributed by atoms with Gasteiger partial charge >= 0.3 is 0 Å². The Kier molecular flexibility index (Phi) is 3.98. The molecule has 1 aromatic heterocycles. The van der Waals surface area contributed by atoms with E-state index in [4.69, 9.17) is 9.72 Å². The Bertz CT molecular complexity index is 829. The van der Waals surface area contributed by atoms with Crippen molar-refractivity contribution in [1.82, 2.24) is 14.5 Å². The van der Waals surface area contributed by atoms with Gasteiger partial charge in [0.25, 0.3) is 0 Å². The highest BCUT2D eigenvalue weighted by atomic mass is 16.5. The fraction of sp³-hybridized carbons (Fsp3) is 0.600. The van der Waals surface area contributed by atoms with E-state index in [2.05, 4.69) is 10.6 Å². The molecule has 1 unspecified atom stereocenters. The second-order valence-electron chi connectivity index (χ2n) is 7.90. The first-order valence-electron chi connectivity index (χ1n) is 9.71. The summed E-state index contributed by atoms with van der Waals surface area (Å²) in [5, 5.41) is 9.50. The Labute approximate surface area is 152 Å². The summed E-state index contributed by atoms with van der Waals surface area (Å²) in [4.78, 5) is 20.0. The van der Waals surface area contributed by atoms with E-state index in [0.29, 0.717) is 25.6 Å². The maximum Gasteiger partial charge on any atom is 0.242 e. The Morgan fingerprint density at radius 3 is 2.92 bits per heavy atom. The summed E-state index contributed by atoms with van der Waals surface area (Å²) in [6, 6.07) is 8.19. The number of nitrogens with zero attached hydrogens (tertiary/aromatic N) is 3. The van der Waals surface area contributed by atoms with E-state index in [1.54, 1.807) is 0 Å². The second-order valence-corrected chi connectivity index (χ2v) is 7.90. The lowest BCUT2D eigenvalue weighted by molar-refractivity contribution is -0.144. The molecule has 2 aromatic rings. The summed E-state index contributed by atoms with van der Waals surface area (Å²) in [7, 11) is 0. The number of benzene rings is 1. The first kappa shape index (κ1) is 16.3. The van der Waals surface area contributed by atoms with Crippen LogP contribution in [0.1, 0.15) is 37.4 Å². The zero-order valence-electron chi connectivity index (χ0n) is 14.9. The van der Waals surface area contributed by atoms with E-state index in [1.807, 2.05) is 23.1 Å². The minimum Gasteiger partial charge on any atom is -0.396 e. The van der Waals surface area contributed by atoms with Gasteiger partial charge in [-0.2, -0.15) is 0 Å². The Hall–Kier alpha value is -1.92. The van der Waals surface area contributed by atoms with Crippen molar-refractivity contribution >= 4 is 16.9 Å². The Balaban J connectivity index is 1.42. The molecule has 2 heterocycles. The number of carbonyl (C=O) groups is 1. The number of ether oxygens (including phenoxy) is 1. The number of morpholine rings is 1. The number of fused-ring (bicyclic) bond motifs is 2. The van der Waals surface area contributed by atoms with Crippen molar-refractivity contribution in [3.8, 4) is 0 Å². The molecule has 3 fully saturated rings. The lowest BCUT2D eigenvalue weighted by Gasteiger charge is -2.37. The zero-order chi connectivity index (χ0) is 17.7. The lowest BCUT2D eigenvalue weighted by atomic mass is 10.1. The molecule has 1 aromatic carbocycles. The number of aromatic nitrogens is 2. The molecule has 2 aliphatic carbocycles. The van der Waals surface area contributed by atoms with Crippen molar-refractivity contribution in [2.24, 2.45) is 5.92 Å². The van der Waals surface area contributed by atoms with Crippen LogP contribution in [0.4, 0.5) is 0 Å². The molecule has 6 heteroatoms. The Morgan fingerprint density at radius 2 is 2.12 bits per heavy atom. The van der Waals surface area contributed by atoms with E-state index in [0.717, 1.165) is 42.5 Å². The minimum absolute atomic E-state index is 0.0762. The van der Waals surface area contributed by atoms with Crippen molar-refractivity contribution in [2.45, 2.75) is 50.3 Å². The number of aliphatic hydroxyl groups is 1. The standard InChI is InChI=1S/C20H25N3O3/c24-12-13-9-17-18(10-13)26-8-7-22(17)19(25)11-23-16-4-2-1-3-15(16)21-20(23)14-5-6-14/h1-4,13-14,17-18,24H,5-12H2/t13-,17+,18?/m1/s1. The van der Waals surface area contributed by atoms with Gasteiger partial charge in [0.15, 0.2) is 0 Å². The third-order valence-corrected chi connectivity index (χ3v) is 6.13. The van der Waals surface area contributed by atoms with Crippen LogP contribution >= 0.6 is 0 Å². The number of amides is 1. The summed E-state index contributed by atoms with van der Waals surface area (Å²) < 4.78 is 7.99. The van der Waals surface area contributed by atoms with Crippen LogP contribution in [-0.4, -0.2) is 57.4 Å². The number of rotatable bonds is 4. The lowest BCUT2D eigenvalue weighted by Crippen LogP contribution is -2.52. The number of para-hydroxylation sites is 2. The molecule has 26 heavy (non-hydrogen) atoms. The summed E-state index contributed by atoms with van der Waals surface area (Å²) in [5.41, 5.74) is 2.02. The SMILES string of the molecule is O=C(Cn1c(C2CC2)nc2ccccc21)N1CCOC2C[C@H](CO)C[C@@H]21. The highest BCUT2D eigenvalue weighted by Gasteiger charge is 2.42. The third kappa shape index (κ3) is 2.72. The average molecular weight is 355 g/mol. The average Bonchev–Trinajstić information content (AvgIpc) is 3.32. The van der Waals surface area contributed by atoms with Crippen LogP contribution in [0.15, 0.2) is 24.3 Å². The second kappa shape index (κ2) is 6.35. The van der Waals surface area contributed by atoms with E-state index in [1.165, 1.54) is 0 Å². The number of aliphatic hydroxyl groups excluding tert-OH is 1. The smallest absolute Gasteiger partial charge is 0.242 e. The van der Waals surface area contributed by atoms with Crippen LogP contribution < -0.4 is 0 Å². The van der Waals surface area contributed by atoms with Crippen LogP contribution in [0.3, 0.4) is 0 Å². The molecule has 1 saturated heterocycles. The fourth-order valence-corrected chi connectivity index (χ4v) is 4.65. The predicted molar refractivity (Wildman–Crippen MR) is 96.8 cm³/mol. The molecule has 1 aliphatic heterocycles. The fourth-order valence-electron chi connectivity index (χ4n) is 4.65. The van der Waals surface area contributed by atoms with Gasteiger partial charge in [0.2, 0.25) is 5.91 Å². The quantitative estimate of drug-likeness (QED) is 0.910. The molecule has 138 valence electrons. The van der Waals surface area contributed by atoms with Gasteiger partial charge in [-0.05, 0) is 43.7 Å². The molecule has 0 bridgehead atoms. The molecule has 6 nitrogen and oxygen atoms in total. The van der Waals surface area contributed by atoms with E-state index in [-0.39, 0.29) is 30.6 Å². The van der Waals surface area contributed by atoms with Crippen molar-refractivity contribution in [2.75, 3.05) is 19.8 Å². The van der Waals surface area contributed by atoms with Gasteiger partial charge in [-0.1, -0.05) is 12.1 Å². The number of imidazole rings is 1. The first-order chi connectivity index (χ1) is 12.7. The number of hydrogen-bond acceptors (Lipinski definition) is 4. The number of carbonyl (C=O) groups excluding carboxylic acids is 1. The normalized spacial score (nSPS) is 28.5. The third-order valence-electron chi connectivity index (χ3n) is 6.13. The molecule has 3 aliphatic rings. The van der Waals surface area contributed by atoms with E-state index >= 15 is 0 Å². The highest BCUT2D eigenvalue weighted by molar-refractivity contribution is 5.81. The minimum atomic E-state index is 0.0762. The van der Waals surface area contributed by atoms with Gasteiger partial charge in [-0.15, -0.1) is 0 Å². The van der Waals surface area contributed by atoms with Gasteiger partial charge in [0.1, 0.15) is 12.4 Å². The van der Waals surface area contributed by atoms with Crippen LogP contribution in [0.25, 0.3) is 11.0 Å². The van der Waals surface area contributed by atoms with Gasteiger partial charge < -0.3 is 19.3 Å². The molecular formula is C20H25N3O3. The van der Waals surface area contributed by atoms with Gasteiger partial charge in [-0.3, -0.25) is 4.79 Å². The van der Waals surface area contributed by atoms with Gasteiger partial charge in [-0.25, -0.2) is 4.98 Å². The molecule has 3 atom stereocenters. The maximum atomic E-state index is 13.2. The van der Waals surface area contributed by atoms with Crippen molar-refractivity contribution in [1.29, 1.82) is 0 Å². The predicted octanol–water partition coefficient (Wildman–Crippen LogP) is 1.91. The molecule has 1 N–H and O–H groups in total. The van der Waals surface area contributed by atoms with E-state index < -0.39 is 0 Å². The molecule has 0 radical (unpaired) electrons. The van der Waals surface area contributed by atoms with Crippen LogP contribution in [0.5, 0.6) is 0 Å². The van der Waals surface area contributed by atoms with Gasteiger partial charge in [0.05, 0.1) is 29.8 Å². The van der Waals surface area contributed by atoms with Crippen LogP contribution in [0.2, 0.25) is 0 Å². The monoisotopic (exact) mass is 355 g/mol. The molecule has 1 amide bonds. The number of hydrogen-bond donors (Lipinski definition) is 1. The largest absolute Gasteiger partial charge is 0.396 e. The van der Waals surface area contributed by atoms with Crippen molar-refractivity contribution < 1.29 is 14.6 Å². The Morgan fingerprint density at radius 1 is 1.27 bits per heavy atom. The maximum absolute atomic E-state index is 13.2. The highest BCUT2D eigenvalue weighted by Crippen LogP contribution is 2.41. The molecule has 2 saturated carbocycles. The summed E-state index contributed by atoms with van der Waals surface area (Å²) in [6.45, 7) is 1.75. The topological polar surface area (TPSA) is 67.6 Å². The molecular weight excluding hydrogens is 330 g/mol. The summed E-state index contributed by atoms with van der Waals surface area (Å²) >= 11 is 0.